The zero-order chi connectivity index (χ0) is 15.5. The smallest absolute Gasteiger partial charge is 0.216 e. The topological polar surface area (TPSA) is 58.2 Å². The van der Waals surface area contributed by atoms with Gasteiger partial charge in [0.05, 0.1) is 5.75 Å². The lowest BCUT2D eigenvalue weighted by Crippen LogP contribution is -2.45. The molecular weight excluding hydrogens is 284 g/mol. The maximum Gasteiger partial charge on any atom is 0.216 e. The molecule has 1 aromatic carbocycles. The predicted octanol–water partition coefficient (Wildman–Crippen LogP) is 2.40. The van der Waals surface area contributed by atoms with Gasteiger partial charge in [0.2, 0.25) is 10.0 Å². The number of sulfonamides is 1. The van der Waals surface area contributed by atoms with E-state index < -0.39 is 10.0 Å². The van der Waals surface area contributed by atoms with E-state index in [1.165, 1.54) is 5.56 Å². The van der Waals surface area contributed by atoms with E-state index in [0.29, 0.717) is 5.92 Å². The Kier molecular flexibility index (Phi) is 5.07. The standard InChI is InChI=1S/C16H26N2O2S/c1-4-17-11-13-5-7-14(8-6-13)12-21(19,20)18-16(2,3)15-9-10-15/h5-8,15,17-18H,4,9-12H2,1-3H3. The normalized spacial score (nSPS) is 16.1. The van der Waals surface area contributed by atoms with E-state index in [1.807, 2.05) is 38.1 Å². The predicted molar refractivity (Wildman–Crippen MR) is 86.4 cm³/mol. The van der Waals surface area contributed by atoms with Crippen LogP contribution in [-0.2, 0) is 22.3 Å². The Hall–Kier alpha value is -0.910. The Morgan fingerprint density at radius 1 is 1.14 bits per heavy atom. The van der Waals surface area contributed by atoms with Crippen LogP contribution >= 0.6 is 0 Å². The summed E-state index contributed by atoms with van der Waals surface area (Å²) in [6, 6.07) is 7.77. The third-order valence-corrected chi connectivity index (χ3v) is 5.53. The highest BCUT2D eigenvalue weighted by atomic mass is 32.2. The third-order valence-electron chi connectivity index (χ3n) is 3.98. The molecule has 0 saturated heterocycles. The molecule has 1 saturated carbocycles. The van der Waals surface area contributed by atoms with Crippen molar-refractivity contribution in [1.29, 1.82) is 0 Å². The number of hydrogen-bond donors (Lipinski definition) is 2. The van der Waals surface area contributed by atoms with E-state index in [9.17, 15) is 8.42 Å². The van der Waals surface area contributed by atoms with E-state index in [0.717, 1.165) is 31.5 Å². The largest absolute Gasteiger partial charge is 0.313 e. The lowest BCUT2D eigenvalue weighted by molar-refractivity contribution is 0.400. The molecule has 0 atom stereocenters. The maximum absolute atomic E-state index is 12.3. The van der Waals surface area contributed by atoms with Gasteiger partial charge >= 0.3 is 0 Å². The Labute approximate surface area is 128 Å². The molecule has 1 fully saturated rings. The summed E-state index contributed by atoms with van der Waals surface area (Å²) in [6.07, 6.45) is 2.24. The van der Waals surface area contributed by atoms with Crippen molar-refractivity contribution in [2.24, 2.45) is 5.92 Å². The maximum atomic E-state index is 12.3. The van der Waals surface area contributed by atoms with E-state index >= 15 is 0 Å². The molecule has 0 heterocycles. The minimum atomic E-state index is -3.29. The number of nitrogens with one attached hydrogen (secondary N) is 2. The highest BCUT2D eigenvalue weighted by Gasteiger charge is 2.40. The summed E-state index contributed by atoms with van der Waals surface area (Å²) in [5.74, 6) is 0.528. The Morgan fingerprint density at radius 3 is 2.24 bits per heavy atom. The van der Waals surface area contributed by atoms with Crippen molar-refractivity contribution in [2.45, 2.75) is 51.4 Å². The van der Waals surface area contributed by atoms with Gasteiger partial charge in [0, 0.05) is 12.1 Å². The fourth-order valence-corrected chi connectivity index (χ4v) is 4.24. The van der Waals surface area contributed by atoms with Crippen LogP contribution in [0.5, 0.6) is 0 Å². The van der Waals surface area contributed by atoms with Crippen LogP contribution in [0.1, 0.15) is 44.7 Å². The molecule has 4 nitrogen and oxygen atoms in total. The van der Waals surface area contributed by atoms with Crippen molar-refractivity contribution >= 4 is 10.0 Å². The summed E-state index contributed by atoms with van der Waals surface area (Å²) < 4.78 is 27.4. The Balaban J connectivity index is 1.96. The fourth-order valence-electron chi connectivity index (χ4n) is 2.57. The molecule has 0 aliphatic heterocycles. The number of rotatable bonds is 8. The molecule has 0 bridgehead atoms. The number of benzene rings is 1. The van der Waals surface area contributed by atoms with Gasteiger partial charge in [-0.3, -0.25) is 0 Å². The third kappa shape index (κ3) is 5.09. The van der Waals surface area contributed by atoms with E-state index in [4.69, 9.17) is 0 Å². The van der Waals surface area contributed by atoms with Crippen LogP contribution in [-0.4, -0.2) is 20.5 Å². The second kappa shape index (κ2) is 6.46. The Morgan fingerprint density at radius 2 is 1.71 bits per heavy atom. The molecule has 1 aliphatic carbocycles. The van der Waals surface area contributed by atoms with Crippen molar-refractivity contribution in [3.8, 4) is 0 Å². The summed E-state index contributed by atoms with van der Waals surface area (Å²) in [6.45, 7) is 7.75. The van der Waals surface area contributed by atoms with Crippen LogP contribution in [0.4, 0.5) is 0 Å². The first-order valence-electron chi connectivity index (χ1n) is 7.62. The second-order valence-corrected chi connectivity index (χ2v) is 8.18. The van der Waals surface area contributed by atoms with Gasteiger partial charge in [-0.15, -0.1) is 0 Å². The fraction of sp³-hybridized carbons (Fsp3) is 0.625. The minimum absolute atomic E-state index is 0.0463. The van der Waals surface area contributed by atoms with Gasteiger partial charge in [-0.1, -0.05) is 31.2 Å². The van der Waals surface area contributed by atoms with E-state index in [-0.39, 0.29) is 11.3 Å². The molecule has 0 aromatic heterocycles. The average molecular weight is 310 g/mol. The number of hydrogen-bond acceptors (Lipinski definition) is 3. The van der Waals surface area contributed by atoms with Gasteiger partial charge in [0.15, 0.2) is 0 Å². The zero-order valence-corrected chi connectivity index (χ0v) is 14.0. The summed E-state index contributed by atoms with van der Waals surface area (Å²) in [7, 11) is -3.29. The van der Waals surface area contributed by atoms with Gasteiger partial charge in [-0.25, -0.2) is 13.1 Å². The van der Waals surface area contributed by atoms with Gasteiger partial charge in [0.25, 0.3) is 0 Å². The van der Waals surface area contributed by atoms with Crippen molar-refractivity contribution < 1.29 is 8.42 Å². The quantitative estimate of drug-likeness (QED) is 0.775. The lowest BCUT2D eigenvalue weighted by atomic mass is 10.0. The molecule has 0 spiro atoms. The van der Waals surface area contributed by atoms with E-state index in [1.54, 1.807) is 0 Å². The molecule has 2 N–H and O–H groups in total. The molecule has 0 radical (unpaired) electrons. The van der Waals surface area contributed by atoms with Crippen molar-refractivity contribution in [3.63, 3.8) is 0 Å². The van der Waals surface area contributed by atoms with Crippen molar-refractivity contribution in [1.82, 2.24) is 10.0 Å². The molecule has 1 aromatic rings. The molecule has 0 unspecified atom stereocenters. The molecule has 0 amide bonds. The SMILES string of the molecule is CCNCc1ccc(CS(=O)(=O)NC(C)(C)C2CC2)cc1. The van der Waals surface area contributed by atoms with Crippen LogP contribution in [0.3, 0.4) is 0 Å². The van der Waals surface area contributed by atoms with Gasteiger partial charge in [-0.2, -0.15) is 0 Å². The monoisotopic (exact) mass is 310 g/mol. The van der Waals surface area contributed by atoms with Crippen LogP contribution in [0.25, 0.3) is 0 Å². The molecule has 118 valence electrons. The van der Waals surface area contributed by atoms with Crippen molar-refractivity contribution in [2.75, 3.05) is 6.54 Å². The van der Waals surface area contributed by atoms with Crippen LogP contribution in [0.15, 0.2) is 24.3 Å². The van der Waals surface area contributed by atoms with Gasteiger partial charge < -0.3 is 5.32 Å². The first kappa shape index (κ1) is 16.5. The molecule has 5 heteroatoms. The zero-order valence-electron chi connectivity index (χ0n) is 13.1. The first-order chi connectivity index (χ1) is 9.82. The molecule has 1 aliphatic rings. The molecule has 21 heavy (non-hydrogen) atoms. The highest BCUT2D eigenvalue weighted by Crippen LogP contribution is 2.39. The second-order valence-electron chi connectivity index (χ2n) is 6.45. The molecular formula is C16H26N2O2S. The summed E-state index contributed by atoms with van der Waals surface area (Å²) in [4.78, 5) is 0. The van der Waals surface area contributed by atoms with Crippen molar-refractivity contribution in [3.05, 3.63) is 35.4 Å². The van der Waals surface area contributed by atoms with Crippen LogP contribution < -0.4 is 10.0 Å². The Bertz CT molecular complexity index is 560. The minimum Gasteiger partial charge on any atom is -0.313 e. The van der Waals surface area contributed by atoms with Crippen LogP contribution in [0.2, 0.25) is 0 Å². The van der Waals surface area contributed by atoms with E-state index in [2.05, 4.69) is 17.0 Å². The van der Waals surface area contributed by atoms with Gasteiger partial charge in [0.1, 0.15) is 0 Å². The summed E-state index contributed by atoms with van der Waals surface area (Å²) in [5, 5.41) is 3.25. The first-order valence-corrected chi connectivity index (χ1v) is 9.28. The summed E-state index contributed by atoms with van der Waals surface area (Å²) >= 11 is 0. The lowest BCUT2D eigenvalue weighted by Gasteiger charge is -2.25. The van der Waals surface area contributed by atoms with Gasteiger partial charge in [-0.05, 0) is 50.3 Å². The van der Waals surface area contributed by atoms with Crippen LogP contribution in [0, 0.1) is 5.92 Å². The highest BCUT2D eigenvalue weighted by molar-refractivity contribution is 7.88. The average Bonchev–Trinajstić information content (AvgIpc) is 3.20. The molecule has 2 rings (SSSR count). The summed E-state index contributed by atoms with van der Waals surface area (Å²) in [5.41, 5.74) is 1.67.